The largest absolute Gasteiger partial charge is 0.270 e. The topological polar surface area (TPSA) is 9.72 Å². The Bertz CT molecular complexity index is 2770. The van der Waals surface area contributed by atoms with Gasteiger partial charge in [0.2, 0.25) is 0 Å². The SMILES string of the molecule is CC.Cc1cccc(CC2Cc3ccccc3-c3ccccc3N(c3cccc(C)c3)S3(C2)N(c2cccc(C)c2)c2ccccc2-c2ccccc2N3c2cccc(C)c2)c1. The van der Waals surface area contributed by atoms with E-state index in [1.165, 1.54) is 89.8 Å². The van der Waals surface area contributed by atoms with E-state index in [2.05, 4.69) is 235 Å². The molecule has 310 valence electrons. The zero-order chi connectivity index (χ0) is 42.8. The first-order valence-electron chi connectivity index (χ1n) is 22.2. The van der Waals surface area contributed by atoms with Gasteiger partial charge in [0.1, 0.15) is 0 Å². The lowest BCUT2D eigenvalue weighted by Gasteiger charge is -2.62. The Balaban J connectivity index is 0.00000242. The molecule has 62 heavy (non-hydrogen) atoms. The maximum atomic E-state index is 2.81. The van der Waals surface area contributed by atoms with Gasteiger partial charge in [-0.15, -0.1) is 0 Å². The Kier molecular flexibility index (Phi) is 11.5. The van der Waals surface area contributed by atoms with Gasteiger partial charge in [-0.3, -0.25) is 12.9 Å². The van der Waals surface area contributed by atoms with E-state index in [1.807, 2.05) is 13.8 Å². The highest BCUT2D eigenvalue weighted by Crippen LogP contribution is 2.73. The van der Waals surface area contributed by atoms with Crippen molar-refractivity contribution in [2.24, 2.45) is 5.92 Å². The zero-order valence-electron chi connectivity index (χ0n) is 36.9. The molecule has 4 heteroatoms. The molecule has 2 aliphatic heterocycles. The van der Waals surface area contributed by atoms with Gasteiger partial charge in [0.15, 0.2) is 0 Å². The van der Waals surface area contributed by atoms with Crippen LogP contribution >= 0.6 is 10.6 Å². The van der Waals surface area contributed by atoms with Crippen molar-refractivity contribution in [3.63, 3.8) is 0 Å². The summed E-state index contributed by atoms with van der Waals surface area (Å²) in [5, 5.41) is 0. The lowest BCUT2D eigenvalue weighted by atomic mass is 9.89. The molecule has 1 spiro atoms. The third-order valence-electron chi connectivity index (χ3n) is 12.1. The second-order valence-corrected chi connectivity index (χ2v) is 19.4. The quantitative estimate of drug-likeness (QED) is 0.171. The second-order valence-electron chi connectivity index (χ2n) is 16.7. The van der Waals surface area contributed by atoms with Crippen LogP contribution in [-0.2, 0) is 12.8 Å². The minimum atomic E-state index is -2.49. The molecule has 0 bridgehead atoms. The van der Waals surface area contributed by atoms with E-state index in [0.29, 0.717) is 0 Å². The lowest BCUT2D eigenvalue weighted by Crippen LogP contribution is -2.48. The van der Waals surface area contributed by atoms with Gasteiger partial charge in [-0.25, -0.2) is 0 Å². The van der Waals surface area contributed by atoms with Gasteiger partial charge < -0.3 is 0 Å². The van der Waals surface area contributed by atoms with Crippen LogP contribution in [0.4, 0.5) is 34.1 Å². The van der Waals surface area contributed by atoms with Gasteiger partial charge in [0, 0.05) is 33.0 Å². The van der Waals surface area contributed by atoms with E-state index >= 15 is 0 Å². The highest BCUT2D eigenvalue weighted by Gasteiger charge is 2.51. The monoisotopic (exact) mass is 827 g/mol. The molecule has 10 rings (SSSR count). The maximum Gasteiger partial charge on any atom is 0.0620 e. The van der Waals surface area contributed by atoms with Crippen LogP contribution in [0.1, 0.15) is 47.2 Å². The number of hydrogen-bond acceptors (Lipinski definition) is 3. The van der Waals surface area contributed by atoms with Crippen molar-refractivity contribution in [3.8, 4) is 22.3 Å². The van der Waals surface area contributed by atoms with E-state index in [-0.39, 0.29) is 5.92 Å². The fourth-order valence-corrected chi connectivity index (χ4v) is 14.3. The summed E-state index contributed by atoms with van der Waals surface area (Å²) in [6.07, 6.45) is 1.87. The van der Waals surface area contributed by atoms with Crippen molar-refractivity contribution in [3.05, 3.63) is 228 Å². The molecule has 0 amide bonds. The van der Waals surface area contributed by atoms with E-state index in [0.717, 1.165) is 18.6 Å². The first-order chi connectivity index (χ1) is 30.4. The molecule has 1 unspecified atom stereocenters. The van der Waals surface area contributed by atoms with E-state index in [1.54, 1.807) is 0 Å². The summed E-state index contributed by atoms with van der Waals surface area (Å²) in [6, 6.07) is 73.7. The molecule has 0 aromatic heterocycles. The predicted molar refractivity (Wildman–Crippen MR) is 270 cm³/mol. The minimum Gasteiger partial charge on any atom is -0.270 e. The lowest BCUT2D eigenvalue weighted by molar-refractivity contribution is 0.584. The fourth-order valence-electron chi connectivity index (χ4n) is 9.71. The molecule has 0 saturated carbocycles. The van der Waals surface area contributed by atoms with Gasteiger partial charge >= 0.3 is 0 Å². The van der Waals surface area contributed by atoms with Crippen molar-refractivity contribution in [2.75, 3.05) is 18.7 Å². The Labute approximate surface area is 371 Å². The summed E-state index contributed by atoms with van der Waals surface area (Å²) in [5.74, 6) is 1.10. The summed E-state index contributed by atoms with van der Waals surface area (Å²) in [6.45, 7) is 12.9. The molecule has 0 saturated heterocycles. The van der Waals surface area contributed by atoms with E-state index < -0.39 is 10.6 Å². The van der Waals surface area contributed by atoms with Gasteiger partial charge in [-0.05, 0) is 134 Å². The highest BCUT2D eigenvalue weighted by atomic mass is 32.3. The number of rotatable bonds is 5. The summed E-state index contributed by atoms with van der Waals surface area (Å²) in [7, 11) is -2.49. The number of fused-ring (bicyclic) bond motifs is 6. The van der Waals surface area contributed by atoms with Crippen LogP contribution in [0.2, 0.25) is 0 Å². The Morgan fingerprint density at radius 1 is 0.403 bits per heavy atom. The third-order valence-corrected chi connectivity index (χ3v) is 16.0. The van der Waals surface area contributed by atoms with Gasteiger partial charge in [-0.1, -0.05) is 159 Å². The molecular weight excluding hydrogens is 771 g/mol. The van der Waals surface area contributed by atoms with Gasteiger partial charge in [0.25, 0.3) is 0 Å². The molecule has 0 fully saturated rings. The van der Waals surface area contributed by atoms with Crippen molar-refractivity contribution in [1.29, 1.82) is 0 Å². The third kappa shape index (κ3) is 7.47. The van der Waals surface area contributed by atoms with Crippen LogP contribution in [0.5, 0.6) is 0 Å². The van der Waals surface area contributed by atoms with E-state index in [9.17, 15) is 0 Å². The second kappa shape index (κ2) is 17.5. The molecule has 8 aromatic carbocycles. The van der Waals surface area contributed by atoms with Gasteiger partial charge in [-0.2, -0.15) is 0 Å². The van der Waals surface area contributed by atoms with Gasteiger partial charge in [0.05, 0.1) is 34.1 Å². The number of hydrogen-bond donors (Lipinski definition) is 0. The van der Waals surface area contributed by atoms with Crippen LogP contribution in [0.15, 0.2) is 194 Å². The Hall–Kier alpha value is -6.49. The number of nitrogens with zero attached hydrogens (tertiary/aromatic N) is 3. The first-order valence-corrected chi connectivity index (χ1v) is 23.9. The van der Waals surface area contributed by atoms with E-state index in [4.69, 9.17) is 0 Å². The van der Waals surface area contributed by atoms with Crippen LogP contribution < -0.4 is 12.9 Å². The number of para-hydroxylation sites is 3. The summed E-state index contributed by atoms with van der Waals surface area (Å²) >= 11 is 0. The Morgan fingerprint density at radius 2 is 0.774 bits per heavy atom. The number of benzene rings is 8. The smallest absolute Gasteiger partial charge is 0.0620 e. The highest BCUT2D eigenvalue weighted by molar-refractivity contribution is 8.37. The zero-order valence-corrected chi connectivity index (χ0v) is 37.7. The average Bonchev–Trinajstić information content (AvgIpc) is 3.35. The van der Waals surface area contributed by atoms with Crippen molar-refractivity contribution in [2.45, 2.75) is 54.4 Å². The Morgan fingerprint density at radius 3 is 1.21 bits per heavy atom. The van der Waals surface area contributed by atoms with Crippen LogP contribution in [0.25, 0.3) is 22.3 Å². The molecule has 0 radical (unpaired) electrons. The van der Waals surface area contributed by atoms with Crippen molar-refractivity contribution < 1.29 is 0 Å². The number of anilines is 6. The average molecular weight is 828 g/mol. The summed E-state index contributed by atoms with van der Waals surface area (Å²) < 4.78 is 8.41. The fraction of sp³-hybridized carbons (Fsp3) is 0.172. The van der Waals surface area contributed by atoms with Crippen molar-refractivity contribution in [1.82, 2.24) is 0 Å². The normalized spacial score (nSPS) is 15.6. The predicted octanol–water partition coefficient (Wildman–Crippen LogP) is 16.4. The van der Waals surface area contributed by atoms with Crippen LogP contribution in [0.3, 0.4) is 0 Å². The number of aryl methyl sites for hydroxylation is 4. The molecule has 2 heterocycles. The molecule has 2 aliphatic rings. The molecule has 8 aromatic rings. The van der Waals surface area contributed by atoms with Crippen LogP contribution in [0, 0.1) is 33.6 Å². The molecule has 0 aliphatic carbocycles. The summed E-state index contributed by atoms with van der Waals surface area (Å²) in [4.78, 5) is 0. The molecule has 3 nitrogen and oxygen atoms in total. The van der Waals surface area contributed by atoms with Crippen LogP contribution in [-0.4, -0.2) is 5.75 Å². The van der Waals surface area contributed by atoms with Crippen molar-refractivity contribution >= 4 is 44.7 Å². The minimum absolute atomic E-state index is 0.238. The standard InChI is InChI=1S/C56H51N3S.C2H6/c1-40-17-13-21-44(33-40)37-45-38-46-22-5-6-26-50(46)51-27-7-10-30-54(51)57(47-23-14-18-41(2)34-47)60(39-45)58(48-24-15-19-42(3)35-48)55-31-11-8-28-52(55)53-29-9-12-32-56(53)59(60)49-25-16-20-43(4)36-49;1-2/h5-36,45H,37-39H2,1-4H3;1-2H3. The molecule has 1 atom stereocenters. The maximum absolute atomic E-state index is 2.81. The summed E-state index contributed by atoms with van der Waals surface area (Å²) in [5.41, 5.74) is 19.9. The molecule has 0 N–H and O–H groups in total. The first kappa shape index (κ1) is 40.9. The molecular formula is C58H57N3S.